The van der Waals surface area contributed by atoms with E-state index in [2.05, 4.69) is 31.2 Å². The second-order valence-corrected chi connectivity index (χ2v) is 28.6. The third-order valence-corrected chi connectivity index (χ3v) is 17.8. The van der Waals surface area contributed by atoms with E-state index >= 15 is 0 Å². The van der Waals surface area contributed by atoms with Crippen molar-refractivity contribution in [3.05, 3.63) is 213 Å². The number of ether oxygens (including phenoxy) is 4. The second-order valence-electron chi connectivity index (χ2n) is 28.6. The number of hydroxylamine groups is 12. The van der Waals surface area contributed by atoms with E-state index in [1.807, 2.05) is 48.5 Å². The van der Waals surface area contributed by atoms with Crippen LogP contribution in [-0.2, 0) is 0 Å². The Bertz CT molecular complexity index is 5040. The summed E-state index contributed by atoms with van der Waals surface area (Å²) in [5.41, 5.74) is 5.40. The predicted molar refractivity (Wildman–Crippen MR) is 411 cm³/mol. The van der Waals surface area contributed by atoms with E-state index in [1.165, 1.54) is 0 Å². The minimum atomic E-state index is -0.455. The summed E-state index contributed by atoms with van der Waals surface area (Å²) in [7, 11) is 12.5. The lowest BCUT2D eigenvalue weighted by Gasteiger charge is -2.33. The van der Waals surface area contributed by atoms with Gasteiger partial charge < -0.3 is 89.6 Å². The highest BCUT2D eigenvalue weighted by atomic mass is 16.5. The molecule has 2 aliphatic heterocycles. The van der Waals surface area contributed by atoms with Gasteiger partial charge in [0.25, 0.3) is 23.6 Å². The molecule has 2 aliphatic rings. The number of aromatic nitrogens is 8. The molecule has 0 saturated heterocycles. The number of hydrogen-bond donors (Lipinski definition) is 6. The summed E-state index contributed by atoms with van der Waals surface area (Å²) in [5, 5.41) is 62.3. The molecular formula is C80H82N16O12. The molecule has 108 heavy (non-hydrogen) atoms. The monoisotopic (exact) mass is 1460 g/mol. The van der Waals surface area contributed by atoms with Crippen LogP contribution in [0.15, 0.2) is 170 Å². The molecule has 11 aromatic rings. The normalized spacial score (nSPS) is 12.1. The molecule has 0 atom stereocenters. The van der Waals surface area contributed by atoms with Gasteiger partial charge in [0.15, 0.2) is 23.3 Å². The first kappa shape index (κ1) is 74.2. The van der Waals surface area contributed by atoms with Crippen LogP contribution < -0.4 is 40.2 Å². The van der Waals surface area contributed by atoms with Gasteiger partial charge >= 0.3 is 0 Å². The quantitative estimate of drug-likeness (QED) is 0.0151. The fourth-order valence-corrected chi connectivity index (χ4v) is 12.3. The molecule has 5 heterocycles. The van der Waals surface area contributed by atoms with Crippen LogP contribution in [0.2, 0.25) is 0 Å². The minimum Gasteiger partial charge on any atom is -0.633 e. The van der Waals surface area contributed by atoms with Gasteiger partial charge in [0.1, 0.15) is 68.6 Å². The Morgan fingerprint density at radius 2 is 0.528 bits per heavy atom. The molecule has 0 saturated carbocycles. The summed E-state index contributed by atoms with van der Waals surface area (Å²) < 4.78 is 24.1. The number of nitrogens with one attached hydrogen (secondary N) is 6. The Kier molecular flexibility index (Phi) is 21.4. The Hall–Kier alpha value is -12.1. The van der Waals surface area contributed by atoms with E-state index in [4.69, 9.17) is 48.9 Å². The zero-order chi connectivity index (χ0) is 76.1. The van der Waals surface area contributed by atoms with Crippen molar-refractivity contribution < 1.29 is 56.7 Å². The van der Waals surface area contributed by atoms with Gasteiger partial charge in [-0.15, -0.1) is 0 Å². The van der Waals surface area contributed by atoms with Crippen LogP contribution in [0.25, 0.3) is 89.7 Å². The van der Waals surface area contributed by atoms with E-state index in [9.17, 15) is 40.0 Å². The first-order valence-corrected chi connectivity index (χ1v) is 35.4. The number of H-pyrrole nitrogens is 2. The van der Waals surface area contributed by atoms with Gasteiger partial charge in [-0.2, -0.15) is 0 Å². The van der Waals surface area contributed by atoms with Gasteiger partial charge in [-0.05, 0) is 170 Å². The molecule has 13 rings (SSSR count). The SMILES string of the molecule is C[N+](C)([O-])CCCNC(=O)c1ccc(Oc2ccc3c(c2)-c2nc-3nc3[nH]c(nc4nc(nc5[nH]c(n2)c2ccc(Oc6ccc(C(=O)NCCC[N+](C)(C)[O-])cc6)cc52)-c2ccc(Oc5ccc(C(=O)NCCC[N+](C)(C)[O-])cc5)cc2-4)c2ccc(Oc4ccc(C(=O)NCCC[N+](C)(C)[O-])cc4)cc32)cc1. The smallest absolute Gasteiger partial charge is 0.251 e. The highest BCUT2D eigenvalue weighted by Gasteiger charge is 2.26. The molecule has 28 heteroatoms. The van der Waals surface area contributed by atoms with Crippen LogP contribution >= 0.6 is 0 Å². The maximum atomic E-state index is 13.1. The lowest BCUT2D eigenvalue weighted by Crippen LogP contribution is -2.35. The number of carbonyl (C=O) groups is 4. The van der Waals surface area contributed by atoms with Crippen molar-refractivity contribution in [1.29, 1.82) is 0 Å². The van der Waals surface area contributed by atoms with Gasteiger partial charge in [-0.1, -0.05) is 0 Å². The van der Waals surface area contributed by atoms with E-state index < -0.39 is 18.6 Å². The Morgan fingerprint density at radius 3 is 0.796 bits per heavy atom. The number of rotatable bonds is 28. The maximum absolute atomic E-state index is 13.1. The molecule has 0 fully saturated rings. The molecule has 28 nitrogen and oxygen atoms in total. The Morgan fingerprint density at radius 1 is 0.296 bits per heavy atom. The van der Waals surface area contributed by atoms with E-state index in [1.54, 1.807) is 178 Å². The van der Waals surface area contributed by atoms with Crippen LogP contribution in [0.4, 0.5) is 0 Å². The van der Waals surface area contributed by atoms with Crippen LogP contribution in [-0.4, -0.2) is 191 Å². The fraction of sp³-hybridized carbons (Fsp3) is 0.250. The van der Waals surface area contributed by atoms with Gasteiger partial charge in [-0.25, -0.2) is 29.9 Å². The summed E-state index contributed by atoms with van der Waals surface area (Å²) in [6.45, 7) is 2.81. The number of benzene rings is 8. The third-order valence-electron chi connectivity index (χ3n) is 17.8. The van der Waals surface area contributed by atoms with Gasteiger partial charge in [0, 0.05) is 118 Å². The highest BCUT2D eigenvalue weighted by Crippen LogP contribution is 2.42. The lowest BCUT2D eigenvalue weighted by atomic mass is 10.1. The molecular weight excluding hydrogens is 1380 g/mol. The van der Waals surface area contributed by atoms with Crippen LogP contribution in [0.5, 0.6) is 46.0 Å². The summed E-state index contributed by atoms with van der Waals surface area (Å²) in [6.07, 6.45) is 2.08. The Labute approximate surface area is 621 Å². The van der Waals surface area contributed by atoms with Crippen molar-refractivity contribution in [3.63, 3.8) is 0 Å². The minimum absolute atomic E-state index is 0.257. The fourth-order valence-electron chi connectivity index (χ4n) is 12.3. The summed E-state index contributed by atoms with van der Waals surface area (Å²) in [6, 6.07) is 48.7. The van der Waals surface area contributed by atoms with Crippen molar-refractivity contribution in [3.8, 4) is 91.5 Å². The molecule has 4 amide bonds. The zero-order valence-electron chi connectivity index (χ0n) is 61.0. The third kappa shape index (κ3) is 18.7. The lowest BCUT2D eigenvalue weighted by molar-refractivity contribution is -0.840. The number of amides is 4. The largest absolute Gasteiger partial charge is 0.633 e. The van der Waals surface area contributed by atoms with Crippen molar-refractivity contribution in [1.82, 2.24) is 61.1 Å². The summed E-state index contributed by atoms with van der Waals surface area (Å²) in [5.74, 6) is 3.43. The molecule has 0 spiro atoms. The Balaban J connectivity index is 0.910. The average molecular weight is 1460 g/mol. The van der Waals surface area contributed by atoms with E-state index in [0.717, 1.165) is 0 Å². The van der Waals surface area contributed by atoms with Crippen molar-refractivity contribution in [2.45, 2.75) is 25.7 Å². The first-order chi connectivity index (χ1) is 51.6. The number of fused-ring (bicyclic) bond motifs is 20. The molecule has 6 N–H and O–H groups in total. The molecule has 0 radical (unpaired) electrons. The second kappa shape index (κ2) is 31.1. The number of nitrogens with zero attached hydrogens (tertiary/aromatic N) is 10. The predicted octanol–water partition coefficient (Wildman–Crippen LogP) is 12.8. The van der Waals surface area contributed by atoms with Crippen molar-refractivity contribution in [2.24, 2.45) is 0 Å². The van der Waals surface area contributed by atoms with Crippen molar-refractivity contribution >= 4 is 67.8 Å². The number of aromatic amines is 2. The number of quaternary nitrogens is 4. The molecule has 8 bridgehead atoms. The van der Waals surface area contributed by atoms with Crippen LogP contribution in [0.3, 0.4) is 0 Å². The van der Waals surface area contributed by atoms with Crippen LogP contribution in [0.1, 0.15) is 67.1 Å². The average Bonchev–Trinajstić information content (AvgIpc) is 1.60. The standard InChI is InChI=1S/C80H82N16O12/c1-93(2,101)41-9-37-81-77(97)49-13-21-53(22-14-49)105-57-29-33-61-65(45-57)73-85-69(61)90-74-67-47-59(107-55-25-17-51(18-26-55)79(99)83-39-11-43-95(5,6)103)31-35-63(67)71(87-74)92-76-68-48-60(108-56-27-19-52(20-28-56)80(100)84-40-12-44-96(7,8)104)32-36-64(68)72(88-76)91-75-66-46-58(30-34-62(66)70(86-75)89-73)106-54-23-15-50(16-24-54)78(98)82-38-10-42-94(3,4)102/h13-36,45-48H,9-12,37-44H2,1-8H3,(H,81,97)(H,82,98)(H,83,99)(H,84,100)(H2,85,86,87,88,89,90,91,92). The molecule has 3 aromatic heterocycles. The number of hydrogen-bond acceptors (Lipinski definition) is 18. The van der Waals surface area contributed by atoms with E-state index in [0.29, 0.717) is 213 Å². The first-order valence-electron chi connectivity index (χ1n) is 35.4. The number of carbonyl (C=O) groups excluding carboxylic acids is 4. The van der Waals surface area contributed by atoms with Crippen LogP contribution in [0, 0.1) is 20.8 Å². The van der Waals surface area contributed by atoms with Gasteiger partial charge in [0.05, 0.1) is 82.6 Å². The summed E-state index contributed by atoms with van der Waals surface area (Å²) >= 11 is 0. The van der Waals surface area contributed by atoms with E-state index in [-0.39, 0.29) is 46.9 Å². The highest BCUT2D eigenvalue weighted by molar-refractivity contribution is 6.07. The topological polar surface area (TPSA) is 354 Å². The van der Waals surface area contributed by atoms with Gasteiger partial charge in [-0.3, -0.25) is 19.2 Å². The van der Waals surface area contributed by atoms with Crippen molar-refractivity contribution in [2.75, 3.05) is 109 Å². The maximum Gasteiger partial charge on any atom is 0.251 e. The molecule has 8 aromatic carbocycles. The molecule has 554 valence electrons. The molecule has 0 unspecified atom stereocenters. The van der Waals surface area contributed by atoms with Gasteiger partial charge in [0.2, 0.25) is 0 Å². The molecule has 0 aliphatic carbocycles. The summed E-state index contributed by atoms with van der Waals surface area (Å²) in [4.78, 5) is 91.0. The zero-order valence-corrected chi connectivity index (χ0v) is 61.0.